The minimum Gasteiger partial charge on any atom is -0.381 e. The number of halogens is 1. The second-order valence-electron chi connectivity index (χ2n) is 4.76. The first-order valence-corrected chi connectivity index (χ1v) is 5.77. The van der Waals surface area contributed by atoms with Crippen LogP contribution in [0.25, 0.3) is 0 Å². The van der Waals surface area contributed by atoms with Gasteiger partial charge in [-0.3, -0.25) is 0 Å². The van der Waals surface area contributed by atoms with E-state index in [9.17, 15) is 0 Å². The number of nitrogens with zero attached hydrogens (tertiary/aromatic N) is 3. The minimum atomic E-state index is 0.0304. The highest BCUT2D eigenvalue weighted by atomic mass is 35.5. The van der Waals surface area contributed by atoms with Gasteiger partial charge in [-0.1, -0.05) is 13.8 Å². The predicted molar refractivity (Wildman–Crippen MR) is 65.9 cm³/mol. The Morgan fingerprint density at radius 1 is 1.41 bits per heavy atom. The first kappa shape index (κ1) is 12.3. The standard InChI is InChI=1S/C10H16ClN5O/c1-10(2)5(4-6(10)17-3)13-9-15-7(11)14-8(12)16-9/h5-6H,4H2,1-3H3,(H3,12,13,14,15,16). The van der Waals surface area contributed by atoms with Crippen LogP contribution in [0.3, 0.4) is 0 Å². The quantitative estimate of drug-likeness (QED) is 0.850. The van der Waals surface area contributed by atoms with E-state index in [1.807, 2.05) is 0 Å². The lowest BCUT2D eigenvalue weighted by Gasteiger charge is -2.51. The Labute approximate surface area is 105 Å². The Morgan fingerprint density at radius 2 is 2.12 bits per heavy atom. The fraction of sp³-hybridized carbons (Fsp3) is 0.700. The second kappa shape index (κ2) is 4.27. The molecule has 1 aromatic heterocycles. The third kappa shape index (κ3) is 2.28. The van der Waals surface area contributed by atoms with Gasteiger partial charge in [0.25, 0.3) is 0 Å². The molecule has 1 fully saturated rings. The average Bonchev–Trinajstić information content (AvgIpc) is 2.22. The van der Waals surface area contributed by atoms with Crippen LogP contribution in [0.15, 0.2) is 0 Å². The Bertz CT molecular complexity index is 405. The fourth-order valence-corrected chi connectivity index (χ4v) is 2.28. The molecule has 17 heavy (non-hydrogen) atoms. The molecule has 1 aliphatic rings. The largest absolute Gasteiger partial charge is 0.381 e. The van der Waals surface area contributed by atoms with Crippen molar-refractivity contribution in [1.29, 1.82) is 0 Å². The van der Waals surface area contributed by atoms with E-state index in [-0.39, 0.29) is 28.8 Å². The van der Waals surface area contributed by atoms with Crippen molar-refractivity contribution in [2.24, 2.45) is 5.41 Å². The monoisotopic (exact) mass is 257 g/mol. The van der Waals surface area contributed by atoms with Crippen LogP contribution in [0, 0.1) is 5.41 Å². The van der Waals surface area contributed by atoms with Gasteiger partial charge in [0, 0.05) is 18.6 Å². The lowest BCUT2D eigenvalue weighted by Crippen LogP contribution is -2.57. The van der Waals surface area contributed by atoms with Crippen molar-refractivity contribution in [3.8, 4) is 0 Å². The van der Waals surface area contributed by atoms with Gasteiger partial charge in [-0.05, 0) is 18.0 Å². The van der Waals surface area contributed by atoms with Crippen molar-refractivity contribution in [3.63, 3.8) is 0 Å². The van der Waals surface area contributed by atoms with E-state index in [0.29, 0.717) is 5.95 Å². The summed E-state index contributed by atoms with van der Waals surface area (Å²) in [5.41, 5.74) is 5.53. The molecule has 2 atom stereocenters. The van der Waals surface area contributed by atoms with Crippen LogP contribution >= 0.6 is 11.6 Å². The van der Waals surface area contributed by atoms with Crippen LogP contribution in [-0.4, -0.2) is 34.2 Å². The number of anilines is 2. The molecule has 0 aliphatic heterocycles. The Morgan fingerprint density at radius 3 is 2.65 bits per heavy atom. The van der Waals surface area contributed by atoms with Gasteiger partial charge in [0.05, 0.1) is 6.10 Å². The second-order valence-corrected chi connectivity index (χ2v) is 5.10. The molecule has 0 bridgehead atoms. The molecule has 1 heterocycles. The number of hydrogen-bond acceptors (Lipinski definition) is 6. The molecule has 0 aromatic carbocycles. The number of ether oxygens (including phenoxy) is 1. The van der Waals surface area contributed by atoms with Gasteiger partial charge in [-0.25, -0.2) is 0 Å². The Kier molecular flexibility index (Phi) is 3.09. The van der Waals surface area contributed by atoms with E-state index < -0.39 is 0 Å². The summed E-state index contributed by atoms with van der Waals surface area (Å²) in [6.45, 7) is 4.27. The lowest BCUT2D eigenvalue weighted by molar-refractivity contribution is -0.0796. The van der Waals surface area contributed by atoms with E-state index in [1.165, 1.54) is 0 Å². The number of nitrogen functional groups attached to an aromatic ring is 1. The molecule has 94 valence electrons. The maximum atomic E-state index is 5.71. The van der Waals surface area contributed by atoms with E-state index in [0.717, 1.165) is 6.42 Å². The zero-order valence-electron chi connectivity index (χ0n) is 10.1. The molecule has 0 radical (unpaired) electrons. The smallest absolute Gasteiger partial charge is 0.229 e. The SMILES string of the molecule is COC1CC(Nc2nc(N)nc(Cl)n2)C1(C)C. The zero-order chi connectivity index (χ0) is 12.6. The number of aromatic nitrogens is 3. The van der Waals surface area contributed by atoms with Gasteiger partial charge in [-0.2, -0.15) is 15.0 Å². The molecule has 0 spiro atoms. The van der Waals surface area contributed by atoms with Crippen molar-refractivity contribution in [1.82, 2.24) is 15.0 Å². The minimum absolute atomic E-state index is 0.0304. The number of rotatable bonds is 3. The molecule has 6 nitrogen and oxygen atoms in total. The molecule has 1 saturated carbocycles. The molecule has 3 N–H and O–H groups in total. The summed E-state index contributed by atoms with van der Waals surface area (Å²) in [6.07, 6.45) is 1.15. The van der Waals surface area contributed by atoms with Crippen LogP contribution in [0.1, 0.15) is 20.3 Å². The molecular formula is C10H16ClN5O. The van der Waals surface area contributed by atoms with Gasteiger partial charge in [-0.15, -0.1) is 0 Å². The van der Waals surface area contributed by atoms with Gasteiger partial charge >= 0.3 is 0 Å². The molecule has 7 heteroatoms. The van der Waals surface area contributed by atoms with E-state index in [2.05, 4.69) is 34.1 Å². The molecule has 1 aliphatic carbocycles. The first-order valence-electron chi connectivity index (χ1n) is 5.40. The van der Waals surface area contributed by atoms with Crippen molar-refractivity contribution in [3.05, 3.63) is 5.28 Å². The summed E-state index contributed by atoms with van der Waals surface area (Å²) >= 11 is 5.71. The number of methoxy groups -OCH3 is 1. The van der Waals surface area contributed by atoms with E-state index >= 15 is 0 Å². The van der Waals surface area contributed by atoms with Crippen LogP contribution in [0.5, 0.6) is 0 Å². The molecule has 2 unspecified atom stereocenters. The average molecular weight is 258 g/mol. The molecule has 2 rings (SSSR count). The predicted octanol–water partition coefficient (Wildman–Crippen LogP) is 1.33. The van der Waals surface area contributed by atoms with Crippen molar-refractivity contribution < 1.29 is 4.74 Å². The fourth-order valence-electron chi connectivity index (χ4n) is 2.12. The van der Waals surface area contributed by atoms with Gasteiger partial charge in [0.2, 0.25) is 17.2 Å². The third-order valence-corrected chi connectivity index (χ3v) is 3.56. The van der Waals surface area contributed by atoms with E-state index in [1.54, 1.807) is 7.11 Å². The summed E-state index contributed by atoms with van der Waals surface area (Å²) in [5, 5.41) is 3.31. The normalized spacial score (nSPS) is 26.4. The van der Waals surface area contributed by atoms with E-state index in [4.69, 9.17) is 22.1 Å². The van der Waals surface area contributed by atoms with Crippen LogP contribution < -0.4 is 11.1 Å². The van der Waals surface area contributed by atoms with Gasteiger partial charge in [0.1, 0.15) is 0 Å². The zero-order valence-corrected chi connectivity index (χ0v) is 10.8. The number of nitrogens with one attached hydrogen (secondary N) is 1. The topological polar surface area (TPSA) is 86.0 Å². The lowest BCUT2D eigenvalue weighted by atomic mass is 9.64. The highest BCUT2D eigenvalue weighted by Crippen LogP contribution is 2.43. The van der Waals surface area contributed by atoms with Crippen LogP contribution in [0.2, 0.25) is 5.28 Å². The summed E-state index contributed by atoms with van der Waals surface area (Å²) in [5.74, 6) is 0.531. The molecule has 0 amide bonds. The highest BCUT2D eigenvalue weighted by Gasteiger charge is 2.48. The Balaban J connectivity index is 2.08. The molecule has 0 saturated heterocycles. The summed E-state index contributed by atoms with van der Waals surface area (Å²) in [6, 6.07) is 0.241. The first-order chi connectivity index (χ1) is 7.93. The van der Waals surface area contributed by atoms with Gasteiger partial charge in [0.15, 0.2) is 0 Å². The molecular weight excluding hydrogens is 242 g/mol. The van der Waals surface area contributed by atoms with Crippen molar-refractivity contribution in [2.45, 2.75) is 32.4 Å². The maximum absolute atomic E-state index is 5.71. The van der Waals surface area contributed by atoms with Crippen LogP contribution in [-0.2, 0) is 4.74 Å². The molecule has 1 aromatic rings. The maximum Gasteiger partial charge on any atom is 0.229 e. The summed E-state index contributed by atoms with van der Waals surface area (Å²) in [4.78, 5) is 11.7. The highest BCUT2D eigenvalue weighted by molar-refractivity contribution is 6.28. The van der Waals surface area contributed by atoms with Crippen LogP contribution in [0.4, 0.5) is 11.9 Å². The third-order valence-electron chi connectivity index (χ3n) is 3.39. The Hall–Kier alpha value is -1.14. The summed E-state index contributed by atoms with van der Waals surface area (Å²) in [7, 11) is 1.72. The number of hydrogen-bond donors (Lipinski definition) is 2. The van der Waals surface area contributed by atoms with Crippen molar-refractivity contribution >= 4 is 23.5 Å². The summed E-state index contributed by atoms with van der Waals surface area (Å²) < 4.78 is 5.37. The van der Waals surface area contributed by atoms with Crippen molar-refractivity contribution in [2.75, 3.05) is 18.2 Å². The van der Waals surface area contributed by atoms with Gasteiger partial charge < -0.3 is 15.8 Å². The number of nitrogens with two attached hydrogens (primary N) is 1.